The second kappa shape index (κ2) is 6.01. The highest BCUT2D eigenvalue weighted by atomic mass is 19.4. The van der Waals surface area contributed by atoms with Crippen LogP contribution in [0.2, 0.25) is 0 Å². The quantitative estimate of drug-likeness (QED) is 0.913. The van der Waals surface area contributed by atoms with Crippen LogP contribution >= 0.6 is 0 Å². The first-order chi connectivity index (χ1) is 11.3. The molecule has 1 saturated heterocycles. The van der Waals surface area contributed by atoms with Crippen LogP contribution in [0.15, 0.2) is 24.3 Å². The summed E-state index contributed by atoms with van der Waals surface area (Å²) in [5.74, 6) is -0.0711. The molecule has 2 heterocycles. The van der Waals surface area contributed by atoms with Gasteiger partial charge in [0.25, 0.3) is 0 Å². The van der Waals surface area contributed by atoms with Gasteiger partial charge in [-0.25, -0.2) is 0 Å². The van der Waals surface area contributed by atoms with E-state index in [1.807, 2.05) is 6.07 Å². The standard InChI is InChI=1S/C16H19F3N4O/c1-21-5-7-23(8-6-21)11-3-4-12(14(24)9-11)13-10-15(16(17,18)19)22(2)20-13/h3-4,9-10,24H,5-8H2,1-2H3. The van der Waals surface area contributed by atoms with Crippen molar-refractivity contribution < 1.29 is 18.3 Å². The van der Waals surface area contributed by atoms with Crippen LogP contribution in [0.3, 0.4) is 0 Å². The molecule has 1 aliphatic heterocycles. The molecule has 0 unspecified atom stereocenters. The Kier molecular flexibility index (Phi) is 4.16. The highest BCUT2D eigenvalue weighted by molar-refractivity contribution is 5.71. The molecule has 130 valence electrons. The number of aryl methyl sites for hydroxylation is 1. The van der Waals surface area contributed by atoms with Crippen molar-refractivity contribution in [1.29, 1.82) is 0 Å². The number of anilines is 1. The van der Waals surface area contributed by atoms with E-state index in [9.17, 15) is 18.3 Å². The minimum atomic E-state index is -4.48. The lowest BCUT2D eigenvalue weighted by Crippen LogP contribution is -2.44. The van der Waals surface area contributed by atoms with Gasteiger partial charge in [-0.1, -0.05) is 0 Å². The van der Waals surface area contributed by atoms with E-state index < -0.39 is 11.9 Å². The summed E-state index contributed by atoms with van der Waals surface area (Å²) in [5, 5.41) is 14.1. The molecule has 1 aliphatic rings. The first-order valence-electron chi connectivity index (χ1n) is 7.64. The number of rotatable bonds is 2. The van der Waals surface area contributed by atoms with Gasteiger partial charge in [0.05, 0.1) is 5.69 Å². The number of likely N-dealkylation sites (N-methyl/N-ethyl adjacent to an activating group) is 1. The number of phenolic OH excluding ortho intramolecular Hbond substituents is 1. The fraction of sp³-hybridized carbons (Fsp3) is 0.438. The van der Waals surface area contributed by atoms with Gasteiger partial charge in [0.15, 0.2) is 0 Å². The molecule has 5 nitrogen and oxygen atoms in total. The molecule has 3 rings (SSSR count). The molecule has 0 aliphatic carbocycles. The molecule has 8 heteroatoms. The van der Waals surface area contributed by atoms with Crippen molar-refractivity contribution in [3.63, 3.8) is 0 Å². The Labute approximate surface area is 137 Å². The maximum Gasteiger partial charge on any atom is 0.433 e. The summed E-state index contributed by atoms with van der Waals surface area (Å²) in [4.78, 5) is 4.36. The zero-order valence-electron chi connectivity index (χ0n) is 13.5. The third kappa shape index (κ3) is 3.19. The Morgan fingerprint density at radius 2 is 1.71 bits per heavy atom. The van der Waals surface area contributed by atoms with E-state index in [0.29, 0.717) is 5.56 Å². The zero-order valence-corrected chi connectivity index (χ0v) is 13.5. The Morgan fingerprint density at radius 1 is 1.04 bits per heavy atom. The van der Waals surface area contributed by atoms with Crippen molar-refractivity contribution in [2.45, 2.75) is 6.18 Å². The average Bonchev–Trinajstić information content (AvgIpc) is 2.90. The average molecular weight is 340 g/mol. The summed E-state index contributed by atoms with van der Waals surface area (Å²) in [6.07, 6.45) is -4.48. The molecule has 24 heavy (non-hydrogen) atoms. The summed E-state index contributed by atoms with van der Waals surface area (Å²) in [5.41, 5.74) is 0.405. The van der Waals surface area contributed by atoms with Gasteiger partial charge in [-0.05, 0) is 25.2 Å². The second-order valence-electron chi connectivity index (χ2n) is 6.03. The zero-order chi connectivity index (χ0) is 17.5. The lowest BCUT2D eigenvalue weighted by molar-refractivity contribution is -0.143. The van der Waals surface area contributed by atoms with Gasteiger partial charge < -0.3 is 14.9 Å². The molecule has 0 radical (unpaired) electrons. The number of halogens is 3. The van der Waals surface area contributed by atoms with Gasteiger partial charge in [0.2, 0.25) is 0 Å². The van der Waals surface area contributed by atoms with Gasteiger partial charge >= 0.3 is 6.18 Å². The molecule has 2 aromatic rings. The fourth-order valence-electron chi connectivity index (χ4n) is 2.86. The molecule has 1 N–H and O–H groups in total. The summed E-state index contributed by atoms with van der Waals surface area (Å²) in [6.45, 7) is 3.55. The Bertz CT molecular complexity index is 733. The fourth-order valence-corrected chi connectivity index (χ4v) is 2.86. The van der Waals surface area contributed by atoms with E-state index in [4.69, 9.17) is 0 Å². The Morgan fingerprint density at radius 3 is 2.25 bits per heavy atom. The molecule has 0 bridgehead atoms. The Balaban J connectivity index is 1.88. The van der Waals surface area contributed by atoms with Crippen molar-refractivity contribution >= 4 is 5.69 Å². The molecule has 1 fully saturated rings. The van der Waals surface area contributed by atoms with Gasteiger partial charge in [-0.15, -0.1) is 0 Å². The van der Waals surface area contributed by atoms with Crippen molar-refractivity contribution in [3.05, 3.63) is 30.0 Å². The number of aromatic hydroxyl groups is 1. The van der Waals surface area contributed by atoms with Crippen LogP contribution in [0.4, 0.5) is 18.9 Å². The van der Waals surface area contributed by atoms with Crippen LogP contribution in [-0.4, -0.2) is 53.0 Å². The third-order valence-electron chi connectivity index (χ3n) is 4.30. The van der Waals surface area contributed by atoms with Crippen molar-refractivity contribution in [2.75, 3.05) is 38.1 Å². The van der Waals surface area contributed by atoms with Crippen LogP contribution < -0.4 is 4.90 Å². The smallest absolute Gasteiger partial charge is 0.433 e. The lowest BCUT2D eigenvalue weighted by atomic mass is 10.1. The SMILES string of the molecule is CN1CCN(c2ccc(-c3cc(C(F)(F)F)n(C)n3)c(O)c2)CC1. The van der Waals surface area contributed by atoms with Crippen LogP contribution in [0.1, 0.15) is 5.69 Å². The van der Waals surface area contributed by atoms with Crippen molar-refractivity contribution in [2.24, 2.45) is 7.05 Å². The molecule has 0 atom stereocenters. The van der Waals surface area contributed by atoms with E-state index in [0.717, 1.165) is 42.6 Å². The van der Waals surface area contributed by atoms with E-state index in [-0.39, 0.29) is 11.4 Å². The summed E-state index contributed by atoms with van der Waals surface area (Å²) >= 11 is 0. The number of alkyl halides is 3. The predicted octanol–water partition coefficient (Wildman–Crippen LogP) is 2.56. The number of aromatic nitrogens is 2. The highest BCUT2D eigenvalue weighted by Gasteiger charge is 2.35. The number of piperazine rings is 1. The topological polar surface area (TPSA) is 44.5 Å². The molecular formula is C16H19F3N4O. The van der Waals surface area contributed by atoms with Gasteiger partial charge in [-0.3, -0.25) is 4.68 Å². The largest absolute Gasteiger partial charge is 0.507 e. The van der Waals surface area contributed by atoms with E-state index in [1.54, 1.807) is 12.1 Å². The molecule has 1 aromatic carbocycles. The van der Waals surface area contributed by atoms with E-state index in [1.165, 1.54) is 7.05 Å². The molecule has 1 aromatic heterocycles. The molecule has 0 spiro atoms. The third-order valence-corrected chi connectivity index (χ3v) is 4.30. The second-order valence-corrected chi connectivity index (χ2v) is 6.03. The van der Waals surface area contributed by atoms with Crippen LogP contribution in [0.25, 0.3) is 11.3 Å². The monoisotopic (exact) mass is 340 g/mol. The lowest BCUT2D eigenvalue weighted by Gasteiger charge is -2.34. The number of benzene rings is 1. The van der Waals surface area contributed by atoms with Gasteiger partial charge in [0, 0.05) is 50.5 Å². The number of hydrogen-bond acceptors (Lipinski definition) is 4. The van der Waals surface area contributed by atoms with Crippen molar-refractivity contribution in [3.8, 4) is 17.0 Å². The predicted molar refractivity (Wildman–Crippen MR) is 85.0 cm³/mol. The first-order valence-corrected chi connectivity index (χ1v) is 7.64. The van der Waals surface area contributed by atoms with Crippen LogP contribution in [-0.2, 0) is 13.2 Å². The molecule has 0 saturated carbocycles. The number of hydrogen-bond donors (Lipinski definition) is 1. The summed E-state index contributed by atoms with van der Waals surface area (Å²) < 4.78 is 39.4. The highest BCUT2D eigenvalue weighted by Crippen LogP contribution is 2.36. The van der Waals surface area contributed by atoms with E-state index >= 15 is 0 Å². The van der Waals surface area contributed by atoms with Gasteiger partial charge in [-0.2, -0.15) is 18.3 Å². The minimum Gasteiger partial charge on any atom is -0.507 e. The van der Waals surface area contributed by atoms with Crippen LogP contribution in [0, 0.1) is 0 Å². The Hall–Kier alpha value is -2.22. The van der Waals surface area contributed by atoms with Crippen molar-refractivity contribution in [1.82, 2.24) is 14.7 Å². The minimum absolute atomic E-state index is 0.0711. The number of phenols is 1. The van der Waals surface area contributed by atoms with Crippen LogP contribution in [0.5, 0.6) is 5.75 Å². The summed E-state index contributed by atoms with van der Waals surface area (Å²) in [6, 6.07) is 5.96. The first kappa shape index (κ1) is 16.6. The molecule has 0 amide bonds. The summed E-state index contributed by atoms with van der Waals surface area (Å²) in [7, 11) is 3.29. The molecular weight excluding hydrogens is 321 g/mol. The normalized spacial score (nSPS) is 16.6. The van der Waals surface area contributed by atoms with E-state index in [2.05, 4.69) is 21.9 Å². The van der Waals surface area contributed by atoms with Gasteiger partial charge in [0.1, 0.15) is 11.4 Å². The maximum absolute atomic E-state index is 12.9. The number of nitrogens with zero attached hydrogens (tertiary/aromatic N) is 4. The maximum atomic E-state index is 12.9.